The van der Waals surface area contributed by atoms with Gasteiger partial charge < -0.3 is 18.8 Å². The summed E-state index contributed by atoms with van der Waals surface area (Å²) in [5.74, 6) is -0.582. The van der Waals surface area contributed by atoms with E-state index in [1.807, 2.05) is 67.7 Å². The van der Waals surface area contributed by atoms with Gasteiger partial charge in [-0.3, -0.25) is 4.79 Å². The van der Waals surface area contributed by atoms with E-state index < -0.39 is 34.5 Å². The molecule has 2 aromatic rings. The largest absolute Gasteiger partial charge is 0.494 e. The number of thioether (sulfide) groups is 1. The average molecular weight is 524 g/mol. The van der Waals surface area contributed by atoms with Gasteiger partial charge in [-0.15, -0.1) is 11.3 Å². The average Bonchev–Trinajstić information content (AvgIpc) is 3.21. The summed E-state index contributed by atoms with van der Waals surface area (Å²) >= 11 is 2.83. The predicted molar refractivity (Wildman–Crippen MR) is 139 cm³/mol. The third-order valence-electron chi connectivity index (χ3n) is 5.86. The predicted octanol–water partition coefficient (Wildman–Crippen LogP) is 5.42. The Balaban J connectivity index is 1.54. The summed E-state index contributed by atoms with van der Waals surface area (Å²) in [7, 11) is -0.626. The Morgan fingerprint density at radius 2 is 1.77 bits per heavy atom. The van der Waals surface area contributed by atoms with Crippen molar-refractivity contribution >= 4 is 41.6 Å². The Morgan fingerprint density at radius 3 is 2.34 bits per heavy atom. The molecule has 0 amide bonds. The molecule has 3 rings (SSSR count). The van der Waals surface area contributed by atoms with Crippen molar-refractivity contribution in [2.45, 2.75) is 94.6 Å². The molecule has 0 unspecified atom stereocenters. The number of thiazole rings is 1. The van der Waals surface area contributed by atoms with Gasteiger partial charge in [-0.2, -0.15) is 0 Å². The maximum atomic E-state index is 14.7. The molecule has 1 aliphatic rings. The van der Waals surface area contributed by atoms with Gasteiger partial charge in [0.05, 0.1) is 23.5 Å². The third kappa shape index (κ3) is 6.99. The molecule has 0 radical (unpaired) electrons. The van der Waals surface area contributed by atoms with Crippen LogP contribution >= 0.6 is 23.1 Å². The van der Waals surface area contributed by atoms with E-state index in [9.17, 15) is 9.18 Å². The Morgan fingerprint density at radius 1 is 1.14 bits per heavy atom. The summed E-state index contributed by atoms with van der Waals surface area (Å²) in [5.41, 5.74) is -0.0846. The second-order valence-electron chi connectivity index (χ2n) is 11.1. The van der Waals surface area contributed by atoms with E-state index in [0.717, 1.165) is 10.0 Å². The van der Waals surface area contributed by atoms with Gasteiger partial charge in [-0.25, -0.2) is 9.37 Å². The van der Waals surface area contributed by atoms with Gasteiger partial charge in [-0.05, 0) is 79.9 Å². The molecule has 1 aliphatic heterocycles. The minimum Gasteiger partial charge on any atom is -0.490 e. The Kier molecular flexibility index (Phi) is 8.02. The molecule has 0 saturated carbocycles. The van der Waals surface area contributed by atoms with Crippen LogP contribution in [0.25, 0.3) is 0 Å². The fourth-order valence-corrected chi connectivity index (χ4v) is 5.40. The first-order valence-corrected chi connectivity index (χ1v) is 13.3. The molecular formula is C25H35BFNO5S2. The van der Waals surface area contributed by atoms with E-state index in [2.05, 4.69) is 4.98 Å². The molecule has 1 saturated heterocycles. The van der Waals surface area contributed by atoms with Crippen LogP contribution in [0.3, 0.4) is 0 Å². The molecule has 10 heteroatoms. The summed E-state index contributed by atoms with van der Waals surface area (Å²) < 4.78 is 37.9. The first kappa shape index (κ1) is 28.0. The second-order valence-corrected chi connectivity index (χ2v) is 13.8. The SMILES string of the molecule is CC(C)(C)OC(=O)C(C)(C)Sc1nc(CCOc2ccc(B3OC(C)(C)C(C)(C)O3)cc2F)cs1. The van der Waals surface area contributed by atoms with Crippen LogP contribution in [0.2, 0.25) is 0 Å². The summed E-state index contributed by atoms with van der Waals surface area (Å²) in [4.78, 5) is 17.1. The molecule has 6 nitrogen and oxygen atoms in total. The first-order valence-electron chi connectivity index (χ1n) is 11.6. The molecule has 0 atom stereocenters. The highest BCUT2D eigenvalue weighted by atomic mass is 32.2. The lowest BCUT2D eigenvalue weighted by molar-refractivity contribution is -0.156. The number of ether oxygens (including phenoxy) is 2. The summed E-state index contributed by atoms with van der Waals surface area (Å²) in [6.45, 7) is 17.3. The number of carbonyl (C=O) groups excluding carboxylic acids is 1. The summed E-state index contributed by atoms with van der Waals surface area (Å²) in [6.07, 6.45) is 0.516. The minimum absolute atomic E-state index is 0.168. The van der Waals surface area contributed by atoms with Crippen molar-refractivity contribution in [1.82, 2.24) is 4.98 Å². The highest BCUT2D eigenvalue weighted by Gasteiger charge is 2.51. The van der Waals surface area contributed by atoms with E-state index in [0.29, 0.717) is 11.9 Å². The van der Waals surface area contributed by atoms with Gasteiger partial charge in [0.15, 0.2) is 15.9 Å². The number of benzene rings is 1. The quantitative estimate of drug-likeness (QED) is 0.260. The number of hydrogen-bond acceptors (Lipinski definition) is 8. The monoisotopic (exact) mass is 523 g/mol. The Labute approximate surface area is 216 Å². The lowest BCUT2D eigenvalue weighted by Crippen LogP contribution is -2.41. The molecule has 0 aliphatic carbocycles. The normalized spacial score (nSPS) is 17.5. The fraction of sp³-hybridized carbons (Fsp3) is 0.600. The van der Waals surface area contributed by atoms with Crippen molar-refractivity contribution in [2.75, 3.05) is 6.61 Å². The smallest absolute Gasteiger partial charge is 0.490 e. The van der Waals surface area contributed by atoms with Crippen molar-refractivity contribution in [3.05, 3.63) is 35.1 Å². The maximum absolute atomic E-state index is 14.7. The number of rotatable bonds is 8. The third-order valence-corrected chi connectivity index (χ3v) is 8.03. The number of hydrogen-bond donors (Lipinski definition) is 0. The minimum atomic E-state index is -0.763. The highest BCUT2D eigenvalue weighted by molar-refractivity contribution is 8.03. The molecule has 1 aromatic heterocycles. The zero-order valence-corrected chi connectivity index (χ0v) is 23.6. The lowest BCUT2D eigenvalue weighted by Gasteiger charge is -2.32. The molecule has 0 N–H and O–H groups in total. The van der Waals surface area contributed by atoms with Crippen LogP contribution in [-0.4, -0.2) is 46.2 Å². The number of carbonyl (C=O) groups is 1. The van der Waals surface area contributed by atoms with E-state index in [1.54, 1.807) is 12.1 Å². The molecule has 0 bridgehead atoms. The summed E-state index contributed by atoms with van der Waals surface area (Å²) in [6, 6.07) is 4.76. The van der Waals surface area contributed by atoms with Crippen LogP contribution in [0.4, 0.5) is 4.39 Å². The van der Waals surface area contributed by atoms with Gasteiger partial charge >= 0.3 is 13.1 Å². The first-order chi connectivity index (χ1) is 16.0. The molecule has 35 heavy (non-hydrogen) atoms. The van der Waals surface area contributed by atoms with Crippen LogP contribution in [0.1, 0.15) is 68.0 Å². The van der Waals surface area contributed by atoms with Crippen molar-refractivity contribution in [3.63, 3.8) is 0 Å². The maximum Gasteiger partial charge on any atom is 0.494 e. The van der Waals surface area contributed by atoms with Gasteiger partial charge in [0.25, 0.3) is 0 Å². The molecule has 1 fully saturated rings. The van der Waals surface area contributed by atoms with Crippen LogP contribution in [0, 0.1) is 5.82 Å². The second kappa shape index (κ2) is 10.0. The van der Waals surface area contributed by atoms with Crippen LogP contribution < -0.4 is 10.2 Å². The number of halogens is 1. The van der Waals surface area contributed by atoms with Crippen LogP contribution in [-0.2, 0) is 25.3 Å². The zero-order chi connectivity index (χ0) is 26.2. The van der Waals surface area contributed by atoms with E-state index in [1.165, 1.54) is 29.2 Å². The van der Waals surface area contributed by atoms with Crippen molar-refractivity contribution in [2.24, 2.45) is 0 Å². The number of aromatic nitrogens is 1. The molecule has 192 valence electrons. The Hall–Kier alpha value is -1.62. The van der Waals surface area contributed by atoms with Crippen LogP contribution in [0.5, 0.6) is 5.75 Å². The van der Waals surface area contributed by atoms with Gasteiger partial charge in [-0.1, -0.05) is 17.8 Å². The molecule has 2 heterocycles. The van der Waals surface area contributed by atoms with E-state index in [4.69, 9.17) is 18.8 Å². The summed E-state index contributed by atoms with van der Waals surface area (Å²) in [5, 5.41) is 1.93. The lowest BCUT2D eigenvalue weighted by atomic mass is 9.79. The zero-order valence-electron chi connectivity index (χ0n) is 22.0. The molecule has 1 aromatic carbocycles. The molecular weight excluding hydrogens is 488 g/mol. The van der Waals surface area contributed by atoms with Gasteiger partial charge in [0, 0.05) is 11.8 Å². The van der Waals surface area contributed by atoms with Gasteiger partial charge in [0.2, 0.25) is 0 Å². The number of nitrogens with zero attached hydrogens (tertiary/aromatic N) is 1. The van der Waals surface area contributed by atoms with Crippen molar-refractivity contribution in [1.29, 1.82) is 0 Å². The molecule has 0 spiro atoms. The van der Waals surface area contributed by atoms with E-state index in [-0.39, 0.29) is 18.3 Å². The van der Waals surface area contributed by atoms with E-state index >= 15 is 0 Å². The topological polar surface area (TPSA) is 66.9 Å². The van der Waals surface area contributed by atoms with Crippen molar-refractivity contribution in [3.8, 4) is 5.75 Å². The highest BCUT2D eigenvalue weighted by Crippen LogP contribution is 2.37. The Bertz CT molecular complexity index is 1050. The number of esters is 1. The fourth-order valence-electron chi connectivity index (χ4n) is 3.14. The van der Waals surface area contributed by atoms with Crippen molar-refractivity contribution < 1.29 is 28.0 Å². The van der Waals surface area contributed by atoms with Gasteiger partial charge in [0.1, 0.15) is 10.3 Å². The van der Waals surface area contributed by atoms with Crippen LogP contribution in [0.15, 0.2) is 27.9 Å². The standard InChI is InChI=1S/C25H35BFNO5S2/c1-22(2,3)31-20(29)23(4,5)35-21-28-17(15-34-21)12-13-30-19-11-10-16(14-18(19)27)26-32-24(6,7)25(8,9)33-26/h10-11,14-15H,12-13H2,1-9H3.